The highest BCUT2D eigenvalue weighted by Crippen LogP contribution is 2.36. The number of ether oxygens (including phenoxy) is 1. The van der Waals surface area contributed by atoms with Crippen molar-refractivity contribution < 1.29 is 18.7 Å². The summed E-state index contributed by atoms with van der Waals surface area (Å²) in [5.74, 6) is -0.0720. The van der Waals surface area contributed by atoms with E-state index in [1.165, 1.54) is 23.5 Å². The second kappa shape index (κ2) is 9.58. The van der Waals surface area contributed by atoms with Crippen LogP contribution in [-0.4, -0.2) is 30.5 Å². The molecule has 1 N–H and O–H groups in total. The summed E-state index contributed by atoms with van der Waals surface area (Å²) in [7, 11) is 0. The van der Waals surface area contributed by atoms with Crippen LogP contribution in [0.4, 0.5) is 9.39 Å². The number of carbonyl (C=O) groups is 2. The minimum absolute atomic E-state index is 0.132. The van der Waals surface area contributed by atoms with Crippen LogP contribution in [0.3, 0.4) is 0 Å². The molecule has 0 unspecified atom stereocenters. The summed E-state index contributed by atoms with van der Waals surface area (Å²) in [5, 5.41) is 5.05. The first kappa shape index (κ1) is 19.5. The zero-order chi connectivity index (χ0) is 18.2. The molecule has 0 saturated carbocycles. The van der Waals surface area contributed by atoms with Gasteiger partial charge in [-0.25, -0.2) is 9.18 Å². The molecule has 0 aliphatic carbocycles. The number of benzene rings is 1. The molecule has 0 radical (unpaired) electrons. The summed E-state index contributed by atoms with van der Waals surface area (Å²) in [6.07, 6.45) is 3.16. The topological polar surface area (TPSA) is 55.4 Å². The maximum atomic E-state index is 13.2. The molecule has 0 spiro atoms. The van der Waals surface area contributed by atoms with Crippen LogP contribution in [0.15, 0.2) is 29.6 Å². The number of thiophene rings is 1. The lowest BCUT2D eigenvalue weighted by molar-refractivity contribution is -0.116. The summed E-state index contributed by atoms with van der Waals surface area (Å²) in [6.45, 7) is 1.96. The number of carbonyl (C=O) groups excluding carboxylic acids is 2. The van der Waals surface area contributed by atoms with Gasteiger partial charge in [-0.2, -0.15) is 11.8 Å². The quantitative estimate of drug-likeness (QED) is 0.526. The Kier molecular flexibility index (Phi) is 7.46. The molecule has 1 amide bonds. The third-order valence-electron chi connectivity index (χ3n) is 3.43. The maximum Gasteiger partial charge on any atom is 0.341 e. The van der Waals surface area contributed by atoms with Gasteiger partial charge >= 0.3 is 5.97 Å². The number of nitrogens with one attached hydrogen (secondary N) is 1. The minimum atomic E-state index is -0.498. The summed E-state index contributed by atoms with van der Waals surface area (Å²) in [6, 6.07) is 5.87. The number of amides is 1. The Hall–Kier alpha value is -1.86. The zero-order valence-corrected chi connectivity index (χ0v) is 15.8. The molecule has 4 nitrogen and oxygen atoms in total. The van der Waals surface area contributed by atoms with Crippen LogP contribution in [0.1, 0.15) is 30.1 Å². The molecule has 134 valence electrons. The van der Waals surface area contributed by atoms with Gasteiger partial charge in [0.05, 0.1) is 6.61 Å². The highest BCUT2D eigenvalue weighted by Gasteiger charge is 2.22. The van der Waals surface area contributed by atoms with Gasteiger partial charge in [-0.05, 0) is 43.0 Å². The van der Waals surface area contributed by atoms with Crippen molar-refractivity contribution in [3.8, 4) is 11.1 Å². The van der Waals surface area contributed by atoms with Crippen molar-refractivity contribution in [2.45, 2.75) is 19.8 Å². The van der Waals surface area contributed by atoms with E-state index in [0.29, 0.717) is 28.1 Å². The minimum Gasteiger partial charge on any atom is -0.462 e. The fourth-order valence-corrected chi connectivity index (χ4v) is 3.67. The average Bonchev–Trinajstić information content (AvgIpc) is 2.99. The first-order valence-corrected chi connectivity index (χ1v) is 10.2. The molecular weight excluding hydrogens is 361 g/mol. The third kappa shape index (κ3) is 5.31. The summed E-state index contributed by atoms with van der Waals surface area (Å²) >= 11 is 2.95. The predicted molar refractivity (Wildman–Crippen MR) is 102 cm³/mol. The molecule has 0 atom stereocenters. The molecule has 0 aliphatic heterocycles. The van der Waals surface area contributed by atoms with Gasteiger partial charge in [-0.3, -0.25) is 4.79 Å². The van der Waals surface area contributed by atoms with Gasteiger partial charge in [0, 0.05) is 17.4 Å². The van der Waals surface area contributed by atoms with E-state index in [-0.39, 0.29) is 18.3 Å². The van der Waals surface area contributed by atoms with Crippen LogP contribution in [-0.2, 0) is 9.53 Å². The molecule has 1 aromatic heterocycles. The summed E-state index contributed by atoms with van der Waals surface area (Å²) in [4.78, 5) is 24.5. The van der Waals surface area contributed by atoms with Gasteiger partial charge in [-0.1, -0.05) is 12.1 Å². The average molecular weight is 381 g/mol. The standard InChI is InChI=1S/C18H20FNO3S2/c1-3-23-18(22)16-14(12-6-8-13(19)9-7-12)11-25-17(16)20-15(21)5-4-10-24-2/h6-9,11H,3-5,10H2,1-2H3,(H,20,21). The van der Waals surface area contributed by atoms with Gasteiger partial charge in [0.25, 0.3) is 0 Å². The Labute approximate surface area is 154 Å². The fraction of sp³-hybridized carbons (Fsp3) is 0.333. The zero-order valence-electron chi connectivity index (χ0n) is 14.1. The number of anilines is 1. The van der Waals surface area contributed by atoms with Crippen molar-refractivity contribution >= 4 is 40.0 Å². The number of rotatable bonds is 8. The van der Waals surface area contributed by atoms with Crippen LogP contribution in [0.25, 0.3) is 11.1 Å². The highest BCUT2D eigenvalue weighted by atomic mass is 32.2. The first-order valence-electron chi connectivity index (χ1n) is 7.90. The molecule has 2 aromatic rings. The van der Waals surface area contributed by atoms with Crippen molar-refractivity contribution in [3.63, 3.8) is 0 Å². The molecule has 1 aromatic carbocycles. The van der Waals surface area contributed by atoms with Gasteiger partial charge < -0.3 is 10.1 Å². The van der Waals surface area contributed by atoms with E-state index >= 15 is 0 Å². The molecular formula is C18H20FNO3S2. The van der Waals surface area contributed by atoms with Crippen molar-refractivity contribution in [1.29, 1.82) is 0 Å². The van der Waals surface area contributed by atoms with E-state index in [9.17, 15) is 14.0 Å². The lowest BCUT2D eigenvalue weighted by atomic mass is 10.0. The molecule has 25 heavy (non-hydrogen) atoms. The third-order valence-corrected chi connectivity index (χ3v) is 5.02. The SMILES string of the molecule is CCOC(=O)c1c(-c2ccc(F)cc2)csc1NC(=O)CCCSC. The number of thioether (sulfide) groups is 1. The Morgan fingerprint density at radius 3 is 2.64 bits per heavy atom. The van der Waals surface area contributed by atoms with E-state index in [0.717, 1.165) is 12.2 Å². The monoisotopic (exact) mass is 381 g/mol. The van der Waals surface area contributed by atoms with Crippen LogP contribution in [0.2, 0.25) is 0 Å². The molecule has 7 heteroatoms. The van der Waals surface area contributed by atoms with E-state index in [4.69, 9.17) is 4.74 Å². The van der Waals surface area contributed by atoms with Crippen LogP contribution < -0.4 is 5.32 Å². The number of halogens is 1. The Balaban J connectivity index is 2.29. The molecule has 0 fully saturated rings. The number of hydrogen-bond acceptors (Lipinski definition) is 5. The van der Waals surface area contributed by atoms with E-state index in [2.05, 4.69) is 5.32 Å². The Morgan fingerprint density at radius 1 is 1.28 bits per heavy atom. The maximum absolute atomic E-state index is 13.2. The smallest absolute Gasteiger partial charge is 0.341 e. The predicted octanol–water partition coefficient (Wildman–Crippen LogP) is 4.81. The Bertz CT molecular complexity index is 728. The lowest BCUT2D eigenvalue weighted by Crippen LogP contribution is -2.14. The molecule has 0 saturated heterocycles. The van der Waals surface area contributed by atoms with Crippen molar-refractivity contribution in [3.05, 3.63) is 41.0 Å². The molecule has 0 aliphatic rings. The summed E-state index contributed by atoms with van der Waals surface area (Å²) in [5.41, 5.74) is 1.64. The van der Waals surface area contributed by atoms with Gasteiger partial charge in [0.15, 0.2) is 0 Å². The second-order valence-corrected chi connectivity index (χ2v) is 7.09. The van der Waals surface area contributed by atoms with Gasteiger partial charge in [0.2, 0.25) is 5.91 Å². The summed E-state index contributed by atoms with van der Waals surface area (Å²) < 4.78 is 18.3. The highest BCUT2D eigenvalue weighted by molar-refractivity contribution is 7.98. The number of esters is 1. The molecule has 0 bridgehead atoms. The largest absolute Gasteiger partial charge is 0.462 e. The fourth-order valence-electron chi connectivity index (χ4n) is 2.26. The van der Waals surface area contributed by atoms with E-state index in [1.807, 2.05) is 6.26 Å². The lowest BCUT2D eigenvalue weighted by Gasteiger charge is -2.09. The van der Waals surface area contributed by atoms with E-state index in [1.54, 1.807) is 36.2 Å². The van der Waals surface area contributed by atoms with Crippen molar-refractivity contribution in [1.82, 2.24) is 0 Å². The molecule has 2 rings (SSSR count). The van der Waals surface area contributed by atoms with Crippen LogP contribution in [0.5, 0.6) is 0 Å². The van der Waals surface area contributed by atoms with Gasteiger partial charge in [0.1, 0.15) is 16.4 Å². The molecule has 1 heterocycles. The van der Waals surface area contributed by atoms with Gasteiger partial charge in [-0.15, -0.1) is 11.3 Å². The first-order chi connectivity index (χ1) is 12.1. The second-order valence-electron chi connectivity index (χ2n) is 5.23. The van der Waals surface area contributed by atoms with Crippen molar-refractivity contribution in [2.24, 2.45) is 0 Å². The van der Waals surface area contributed by atoms with E-state index < -0.39 is 5.97 Å². The normalized spacial score (nSPS) is 10.5. The van der Waals surface area contributed by atoms with Crippen molar-refractivity contribution in [2.75, 3.05) is 23.9 Å². The van der Waals surface area contributed by atoms with Crippen LogP contribution >= 0.6 is 23.1 Å². The number of hydrogen-bond donors (Lipinski definition) is 1. The Morgan fingerprint density at radius 2 is 2.00 bits per heavy atom. The van der Waals surface area contributed by atoms with Crippen LogP contribution in [0, 0.1) is 5.82 Å².